The van der Waals surface area contributed by atoms with Gasteiger partial charge in [0.2, 0.25) is 17.8 Å². The number of nitrogens with one attached hydrogen (secondary N) is 2. The van der Waals surface area contributed by atoms with E-state index < -0.39 is 6.04 Å². The molecule has 1 heterocycles. The smallest absolute Gasteiger partial charge is 0.246 e. The minimum atomic E-state index is -0.579. The molecule has 0 unspecified atom stereocenters. The number of hydrogen-bond donors (Lipinski definition) is 2. The van der Waals surface area contributed by atoms with Gasteiger partial charge >= 0.3 is 0 Å². The van der Waals surface area contributed by atoms with Gasteiger partial charge in [-0.1, -0.05) is 31.8 Å². The van der Waals surface area contributed by atoms with Gasteiger partial charge in [-0.3, -0.25) is 9.59 Å². The summed E-state index contributed by atoms with van der Waals surface area (Å²) in [6, 6.07) is 8.62. The van der Waals surface area contributed by atoms with Crippen LogP contribution in [0.1, 0.15) is 44.7 Å². The Morgan fingerprint density at radius 2 is 1.80 bits per heavy atom. The SMILES string of the molecule is CC(C)CN(C)c1nc(Nc2ccc(C#N)cc2)ncc1C#CCCCNC(=O)[C@H](C)N(C)C(=O)/C=C/CN(C)C. The third-order valence-electron chi connectivity index (χ3n) is 6.08. The van der Waals surface area contributed by atoms with Crippen LogP contribution < -0.4 is 15.5 Å². The summed E-state index contributed by atoms with van der Waals surface area (Å²) < 4.78 is 0. The maximum absolute atomic E-state index is 12.5. The maximum Gasteiger partial charge on any atom is 0.246 e. The zero-order valence-electron chi connectivity index (χ0n) is 25.2. The fourth-order valence-electron chi connectivity index (χ4n) is 3.75. The van der Waals surface area contributed by atoms with Crippen molar-refractivity contribution in [2.24, 2.45) is 5.92 Å². The molecule has 0 bridgehead atoms. The summed E-state index contributed by atoms with van der Waals surface area (Å²) >= 11 is 0. The van der Waals surface area contributed by atoms with Gasteiger partial charge in [0.15, 0.2) is 0 Å². The highest BCUT2D eigenvalue weighted by atomic mass is 16.2. The first-order valence-electron chi connectivity index (χ1n) is 13.7. The fraction of sp³-hybridized carbons (Fsp3) is 0.452. The van der Waals surface area contributed by atoms with Crippen molar-refractivity contribution in [3.63, 3.8) is 0 Å². The highest BCUT2D eigenvalue weighted by molar-refractivity contribution is 5.92. The highest BCUT2D eigenvalue weighted by Crippen LogP contribution is 2.21. The van der Waals surface area contributed by atoms with Crippen LogP contribution in [0.15, 0.2) is 42.6 Å². The lowest BCUT2D eigenvalue weighted by molar-refractivity contribution is -0.135. The standard InChI is InChI=1S/C31H42N8O2/c1-23(2)22-38(6)29-26(21-34-31(36-29)35-27-16-14-25(20-32)15-17-27)12-9-8-10-18-33-30(41)24(3)39(7)28(40)13-11-19-37(4)5/h11,13-17,21,23-24H,8,10,18-19,22H2,1-7H3,(H,33,41)(H,34,35,36)/b13-11+/t24-/m0/s1. The van der Waals surface area contributed by atoms with Gasteiger partial charge < -0.3 is 25.3 Å². The second-order valence-corrected chi connectivity index (χ2v) is 10.5. The summed E-state index contributed by atoms with van der Waals surface area (Å²) in [7, 11) is 7.45. The third-order valence-corrected chi connectivity index (χ3v) is 6.08. The van der Waals surface area contributed by atoms with E-state index >= 15 is 0 Å². The molecule has 2 N–H and O–H groups in total. The largest absolute Gasteiger partial charge is 0.358 e. The molecule has 1 atom stereocenters. The first-order valence-corrected chi connectivity index (χ1v) is 13.7. The van der Waals surface area contributed by atoms with Crippen molar-refractivity contribution in [2.45, 2.75) is 39.7 Å². The van der Waals surface area contributed by atoms with E-state index in [0.717, 1.165) is 23.6 Å². The van der Waals surface area contributed by atoms with Crippen LogP contribution in [0.4, 0.5) is 17.5 Å². The molecule has 2 rings (SSSR count). The second-order valence-electron chi connectivity index (χ2n) is 10.5. The van der Waals surface area contributed by atoms with Crippen LogP contribution in [0.5, 0.6) is 0 Å². The van der Waals surface area contributed by atoms with Crippen molar-refractivity contribution < 1.29 is 9.59 Å². The van der Waals surface area contributed by atoms with Crippen LogP contribution in [0.2, 0.25) is 0 Å². The van der Waals surface area contributed by atoms with Crippen LogP contribution >= 0.6 is 0 Å². The average molecular weight is 559 g/mol. The van der Waals surface area contributed by atoms with Crippen molar-refractivity contribution in [3.05, 3.63) is 53.7 Å². The number of carbonyl (C=O) groups is 2. The Hall–Kier alpha value is -4.41. The quantitative estimate of drug-likeness (QED) is 0.218. The molecule has 0 aliphatic carbocycles. The van der Waals surface area contributed by atoms with E-state index in [1.54, 1.807) is 38.4 Å². The van der Waals surface area contributed by atoms with Gasteiger partial charge in [0.25, 0.3) is 0 Å². The Morgan fingerprint density at radius 1 is 1.10 bits per heavy atom. The van der Waals surface area contributed by atoms with Gasteiger partial charge in [0.1, 0.15) is 11.9 Å². The minimum Gasteiger partial charge on any atom is -0.358 e. The highest BCUT2D eigenvalue weighted by Gasteiger charge is 2.20. The number of anilines is 3. The molecule has 0 fully saturated rings. The summed E-state index contributed by atoms with van der Waals surface area (Å²) in [4.78, 5) is 39.4. The number of unbranched alkanes of at least 4 members (excludes halogenated alkanes) is 1. The topological polar surface area (TPSA) is 117 Å². The summed E-state index contributed by atoms with van der Waals surface area (Å²) in [6.07, 6.45) is 6.23. The van der Waals surface area contributed by atoms with Crippen molar-refractivity contribution >= 4 is 29.3 Å². The van der Waals surface area contributed by atoms with E-state index in [4.69, 9.17) is 10.2 Å². The lowest BCUT2D eigenvalue weighted by Gasteiger charge is -2.23. The van der Waals surface area contributed by atoms with Gasteiger partial charge in [-0.05, 0) is 57.6 Å². The molecule has 41 heavy (non-hydrogen) atoms. The van der Waals surface area contributed by atoms with E-state index in [-0.39, 0.29) is 11.8 Å². The summed E-state index contributed by atoms with van der Waals surface area (Å²) in [6.45, 7) is 7.91. The molecule has 10 nitrogen and oxygen atoms in total. The number of carbonyl (C=O) groups excluding carboxylic acids is 2. The molecule has 0 saturated heterocycles. The van der Waals surface area contributed by atoms with Crippen LogP contribution in [0.25, 0.3) is 0 Å². The van der Waals surface area contributed by atoms with E-state index in [2.05, 4.69) is 52.3 Å². The molecule has 0 aliphatic rings. The normalized spacial score (nSPS) is 11.5. The fourth-order valence-corrected chi connectivity index (χ4v) is 3.75. The van der Waals surface area contributed by atoms with E-state index in [0.29, 0.717) is 43.4 Å². The molecule has 218 valence electrons. The molecule has 2 aromatic rings. The van der Waals surface area contributed by atoms with Crippen LogP contribution in [0.3, 0.4) is 0 Å². The second kappa shape index (κ2) is 16.6. The molecular weight excluding hydrogens is 516 g/mol. The number of nitriles is 1. The van der Waals surface area contributed by atoms with Crippen molar-refractivity contribution in [3.8, 4) is 17.9 Å². The third kappa shape index (κ3) is 11.3. The molecule has 0 radical (unpaired) electrons. The van der Waals surface area contributed by atoms with Gasteiger partial charge in [-0.2, -0.15) is 10.2 Å². The first-order chi connectivity index (χ1) is 19.5. The minimum absolute atomic E-state index is 0.203. The van der Waals surface area contributed by atoms with Crippen LogP contribution in [-0.2, 0) is 9.59 Å². The lowest BCUT2D eigenvalue weighted by Crippen LogP contribution is -2.45. The van der Waals surface area contributed by atoms with Gasteiger partial charge in [0, 0.05) is 51.9 Å². The molecule has 0 saturated carbocycles. The summed E-state index contributed by atoms with van der Waals surface area (Å²) in [5.74, 6) is 7.55. The number of rotatable bonds is 13. The Bertz CT molecular complexity index is 1290. The monoisotopic (exact) mass is 558 g/mol. The van der Waals surface area contributed by atoms with Crippen molar-refractivity contribution in [2.75, 3.05) is 58.0 Å². The predicted molar refractivity (Wildman–Crippen MR) is 164 cm³/mol. The first kappa shape index (κ1) is 32.8. The molecule has 1 aromatic carbocycles. The average Bonchev–Trinajstić information content (AvgIpc) is 2.94. The van der Waals surface area contributed by atoms with Gasteiger partial charge in [-0.25, -0.2) is 4.98 Å². The van der Waals surface area contributed by atoms with Crippen LogP contribution in [0, 0.1) is 29.1 Å². The predicted octanol–water partition coefficient (Wildman–Crippen LogP) is 3.40. The Kier molecular flexibility index (Phi) is 13.3. The summed E-state index contributed by atoms with van der Waals surface area (Å²) in [5.41, 5.74) is 2.09. The Morgan fingerprint density at radius 3 is 2.44 bits per heavy atom. The maximum atomic E-state index is 12.5. The number of benzene rings is 1. The van der Waals surface area contributed by atoms with E-state index in [9.17, 15) is 9.59 Å². The molecule has 10 heteroatoms. The number of hydrogen-bond acceptors (Lipinski definition) is 8. The molecule has 0 spiro atoms. The molecule has 2 amide bonds. The Labute approximate surface area is 244 Å². The van der Waals surface area contributed by atoms with Crippen molar-refractivity contribution in [1.29, 1.82) is 5.26 Å². The Balaban J connectivity index is 1.97. The van der Waals surface area contributed by atoms with Gasteiger partial charge in [0.05, 0.1) is 23.4 Å². The zero-order valence-corrected chi connectivity index (χ0v) is 25.2. The molecule has 0 aliphatic heterocycles. The zero-order chi connectivity index (χ0) is 30.4. The van der Waals surface area contributed by atoms with Crippen molar-refractivity contribution in [1.82, 2.24) is 25.1 Å². The van der Waals surface area contributed by atoms with Gasteiger partial charge in [-0.15, -0.1) is 0 Å². The number of likely N-dealkylation sites (N-methyl/N-ethyl adjacent to an activating group) is 2. The lowest BCUT2D eigenvalue weighted by atomic mass is 10.2. The number of nitrogens with zero attached hydrogens (tertiary/aromatic N) is 6. The van der Waals surface area contributed by atoms with E-state index in [1.165, 1.54) is 11.0 Å². The number of amides is 2. The van der Waals surface area contributed by atoms with Crippen LogP contribution in [-0.4, -0.2) is 85.4 Å². The number of aromatic nitrogens is 2. The van der Waals surface area contributed by atoms with E-state index in [1.807, 2.05) is 38.2 Å². The molecule has 1 aromatic heterocycles. The summed E-state index contributed by atoms with van der Waals surface area (Å²) in [5, 5.41) is 15.1. The molecular formula is C31H42N8O2.